The molecule has 0 unspecified atom stereocenters. The van der Waals surface area contributed by atoms with Gasteiger partial charge in [-0.3, -0.25) is 9.82 Å². The Bertz CT molecular complexity index is 901. The van der Waals surface area contributed by atoms with Crippen molar-refractivity contribution in [3.8, 4) is 11.5 Å². The van der Waals surface area contributed by atoms with Crippen LogP contribution in [-0.2, 0) is 10.0 Å². The molecule has 3 rings (SSSR count). The molecule has 2 heterocycles. The van der Waals surface area contributed by atoms with Crippen LogP contribution in [0.4, 0.5) is 5.69 Å². The van der Waals surface area contributed by atoms with Gasteiger partial charge in [0, 0.05) is 22.4 Å². The molecule has 0 saturated carbocycles. The Labute approximate surface area is 135 Å². The molecule has 114 valence electrons. The zero-order valence-electron chi connectivity index (χ0n) is 11.5. The minimum atomic E-state index is -3.73. The van der Waals surface area contributed by atoms with Crippen molar-refractivity contribution >= 4 is 31.6 Å². The number of hydrogen-bond acceptors (Lipinski definition) is 4. The Kier molecular flexibility index (Phi) is 3.79. The number of halogens is 1. The number of rotatable bonds is 4. The Morgan fingerprint density at radius 2 is 2.09 bits per heavy atom. The largest absolute Gasteiger partial charge is 0.458 e. The Balaban J connectivity index is 1.96. The second-order valence-corrected chi connectivity index (χ2v) is 7.18. The highest BCUT2D eigenvalue weighted by molar-refractivity contribution is 9.10. The second kappa shape index (κ2) is 5.62. The summed E-state index contributed by atoms with van der Waals surface area (Å²) in [6, 6.07) is 10.1. The van der Waals surface area contributed by atoms with E-state index >= 15 is 0 Å². The molecule has 0 radical (unpaired) electrons. The van der Waals surface area contributed by atoms with Gasteiger partial charge in [0.05, 0.1) is 0 Å². The van der Waals surface area contributed by atoms with Gasteiger partial charge in [-0.05, 0) is 31.2 Å². The zero-order valence-corrected chi connectivity index (χ0v) is 13.9. The number of H-pyrrole nitrogens is 1. The molecule has 0 amide bonds. The molecule has 1 aromatic carbocycles. The number of nitrogens with zero attached hydrogens (tertiary/aromatic N) is 1. The van der Waals surface area contributed by atoms with Crippen LogP contribution in [0.2, 0.25) is 0 Å². The van der Waals surface area contributed by atoms with Gasteiger partial charge in [-0.1, -0.05) is 22.0 Å². The number of hydrogen-bond donors (Lipinski definition) is 2. The summed E-state index contributed by atoms with van der Waals surface area (Å²) < 4.78 is 33.8. The first-order valence-corrected chi connectivity index (χ1v) is 8.62. The number of aromatic amines is 1. The van der Waals surface area contributed by atoms with Crippen LogP contribution in [0.5, 0.6) is 0 Å². The lowest BCUT2D eigenvalue weighted by Crippen LogP contribution is -2.13. The van der Waals surface area contributed by atoms with Crippen molar-refractivity contribution < 1.29 is 12.8 Å². The fourth-order valence-corrected chi connectivity index (χ4v) is 3.65. The third kappa shape index (κ3) is 2.93. The predicted octanol–water partition coefficient (Wildman–Crippen LogP) is 3.54. The van der Waals surface area contributed by atoms with Crippen LogP contribution in [0, 0.1) is 6.92 Å². The summed E-state index contributed by atoms with van der Waals surface area (Å²) in [5.41, 5.74) is 1.09. The van der Waals surface area contributed by atoms with Crippen molar-refractivity contribution in [3.63, 3.8) is 0 Å². The van der Waals surface area contributed by atoms with E-state index in [-0.39, 0.29) is 4.90 Å². The first-order chi connectivity index (χ1) is 10.5. The van der Waals surface area contributed by atoms with Crippen LogP contribution in [0.15, 0.2) is 56.4 Å². The maximum absolute atomic E-state index is 12.5. The number of nitrogens with one attached hydrogen (secondary N) is 2. The first-order valence-electron chi connectivity index (χ1n) is 6.34. The number of sulfonamides is 1. The van der Waals surface area contributed by atoms with Crippen LogP contribution in [0.3, 0.4) is 0 Å². The van der Waals surface area contributed by atoms with E-state index in [0.717, 1.165) is 4.47 Å². The van der Waals surface area contributed by atoms with E-state index < -0.39 is 10.0 Å². The normalized spacial score (nSPS) is 11.5. The third-order valence-corrected chi connectivity index (χ3v) is 4.99. The van der Waals surface area contributed by atoms with Crippen LogP contribution >= 0.6 is 15.9 Å². The molecule has 22 heavy (non-hydrogen) atoms. The lowest BCUT2D eigenvalue weighted by molar-refractivity contribution is 0.534. The van der Waals surface area contributed by atoms with Gasteiger partial charge >= 0.3 is 0 Å². The molecule has 0 spiro atoms. The molecule has 2 aromatic heterocycles. The highest BCUT2D eigenvalue weighted by Crippen LogP contribution is 2.28. The van der Waals surface area contributed by atoms with Crippen molar-refractivity contribution in [2.24, 2.45) is 0 Å². The van der Waals surface area contributed by atoms with E-state index in [1.54, 1.807) is 37.4 Å². The number of furan rings is 1. The molecule has 0 aliphatic rings. The van der Waals surface area contributed by atoms with E-state index in [1.165, 1.54) is 6.07 Å². The molecule has 2 N–H and O–H groups in total. The van der Waals surface area contributed by atoms with Crippen LogP contribution in [-0.4, -0.2) is 18.6 Å². The average molecular weight is 382 g/mol. The summed E-state index contributed by atoms with van der Waals surface area (Å²) in [7, 11) is -3.73. The van der Waals surface area contributed by atoms with Gasteiger partial charge in [0.15, 0.2) is 5.76 Å². The van der Waals surface area contributed by atoms with Gasteiger partial charge in [0.2, 0.25) is 0 Å². The van der Waals surface area contributed by atoms with Gasteiger partial charge in [-0.25, -0.2) is 8.42 Å². The van der Waals surface area contributed by atoms with Gasteiger partial charge < -0.3 is 4.42 Å². The minimum absolute atomic E-state index is 0.0945. The van der Waals surface area contributed by atoms with Crippen LogP contribution in [0.25, 0.3) is 11.5 Å². The van der Waals surface area contributed by atoms with Crippen LogP contribution in [0.1, 0.15) is 5.76 Å². The monoisotopic (exact) mass is 381 g/mol. The number of benzene rings is 1. The SMILES string of the molecule is Cc1oc(-c2ccn[nH]2)cc1S(=O)(=O)Nc1cccc(Br)c1. The van der Waals surface area contributed by atoms with E-state index in [0.29, 0.717) is 22.9 Å². The zero-order chi connectivity index (χ0) is 15.7. The summed E-state index contributed by atoms with van der Waals surface area (Å²) in [5.74, 6) is 0.733. The standard InChI is InChI=1S/C14H12BrN3O3S/c1-9-14(8-13(21-9)12-5-6-16-17-12)22(19,20)18-11-4-2-3-10(15)7-11/h2-8,18H,1H3,(H,16,17). The lowest BCUT2D eigenvalue weighted by Gasteiger charge is -2.07. The highest BCUT2D eigenvalue weighted by Gasteiger charge is 2.22. The first kappa shape index (κ1) is 14.9. The molecule has 0 bridgehead atoms. The quantitative estimate of drug-likeness (QED) is 0.723. The number of aromatic nitrogens is 2. The molecule has 0 aliphatic heterocycles. The van der Waals surface area contributed by atoms with Gasteiger partial charge in [0.25, 0.3) is 10.0 Å². The Morgan fingerprint density at radius 3 is 2.77 bits per heavy atom. The summed E-state index contributed by atoms with van der Waals surface area (Å²) in [6.45, 7) is 1.61. The summed E-state index contributed by atoms with van der Waals surface area (Å²) in [4.78, 5) is 0.0945. The second-order valence-electron chi connectivity index (χ2n) is 4.62. The molecular weight excluding hydrogens is 370 g/mol. The third-order valence-electron chi connectivity index (χ3n) is 3.00. The number of aryl methyl sites for hydroxylation is 1. The average Bonchev–Trinajstić information content (AvgIpc) is 3.07. The van der Waals surface area contributed by atoms with Gasteiger partial charge in [-0.2, -0.15) is 5.10 Å². The lowest BCUT2D eigenvalue weighted by atomic mass is 10.3. The summed E-state index contributed by atoms with van der Waals surface area (Å²) in [6.07, 6.45) is 1.57. The molecule has 8 heteroatoms. The maximum atomic E-state index is 12.5. The van der Waals surface area contributed by atoms with Gasteiger partial charge in [-0.15, -0.1) is 0 Å². The minimum Gasteiger partial charge on any atom is -0.458 e. The Hall–Kier alpha value is -2.06. The van der Waals surface area contributed by atoms with E-state index in [2.05, 4.69) is 30.8 Å². The topological polar surface area (TPSA) is 88.0 Å². The highest BCUT2D eigenvalue weighted by atomic mass is 79.9. The fraction of sp³-hybridized carbons (Fsp3) is 0.0714. The number of anilines is 1. The van der Waals surface area contributed by atoms with Gasteiger partial charge in [0.1, 0.15) is 16.3 Å². The molecule has 0 saturated heterocycles. The van der Waals surface area contributed by atoms with Crippen LogP contribution < -0.4 is 4.72 Å². The molecule has 0 fully saturated rings. The summed E-state index contributed by atoms with van der Waals surface area (Å²) >= 11 is 3.31. The molecule has 0 atom stereocenters. The van der Waals surface area contributed by atoms with Crippen molar-refractivity contribution in [1.82, 2.24) is 10.2 Å². The van der Waals surface area contributed by atoms with Crippen molar-refractivity contribution in [2.45, 2.75) is 11.8 Å². The smallest absolute Gasteiger partial charge is 0.265 e. The van der Waals surface area contributed by atoms with E-state index in [1.807, 2.05) is 6.07 Å². The molecule has 6 nitrogen and oxygen atoms in total. The fourth-order valence-electron chi connectivity index (χ4n) is 2.02. The Morgan fingerprint density at radius 1 is 1.27 bits per heavy atom. The van der Waals surface area contributed by atoms with E-state index in [4.69, 9.17) is 4.42 Å². The predicted molar refractivity (Wildman–Crippen MR) is 86.0 cm³/mol. The van der Waals surface area contributed by atoms with Crippen molar-refractivity contribution in [2.75, 3.05) is 4.72 Å². The van der Waals surface area contributed by atoms with Crippen molar-refractivity contribution in [1.29, 1.82) is 0 Å². The van der Waals surface area contributed by atoms with E-state index in [9.17, 15) is 8.42 Å². The molecular formula is C14H12BrN3O3S. The summed E-state index contributed by atoms with van der Waals surface area (Å²) in [5, 5.41) is 6.56. The van der Waals surface area contributed by atoms with Crippen molar-refractivity contribution in [3.05, 3.63) is 52.8 Å². The molecule has 0 aliphatic carbocycles. The maximum Gasteiger partial charge on any atom is 0.265 e. The molecule has 3 aromatic rings.